The predicted octanol–water partition coefficient (Wildman–Crippen LogP) is 3.34. The molecule has 0 bridgehead atoms. The van der Waals surface area contributed by atoms with Crippen LogP contribution in [0.25, 0.3) is 11.0 Å². The summed E-state index contributed by atoms with van der Waals surface area (Å²) in [6, 6.07) is 9.90. The SMILES string of the molecule is COc1ccc2nc(N3CCN(c4ncccc4Cl)C[C@H]3C)[nH]c2c1. The van der Waals surface area contributed by atoms with Crippen LogP contribution in [0.5, 0.6) is 5.75 Å². The highest BCUT2D eigenvalue weighted by Crippen LogP contribution is 2.28. The molecule has 1 aromatic carbocycles. The number of methoxy groups -OCH3 is 1. The second-order valence-corrected chi connectivity index (χ2v) is 6.65. The highest BCUT2D eigenvalue weighted by atomic mass is 35.5. The molecule has 1 atom stereocenters. The molecule has 0 amide bonds. The summed E-state index contributed by atoms with van der Waals surface area (Å²) in [7, 11) is 1.67. The summed E-state index contributed by atoms with van der Waals surface area (Å²) in [5, 5.41) is 0.694. The van der Waals surface area contributed by atoms with Gasteiger partial charge in [-0.2, -0.15) is 0 Å². The number of piperazine rings is 1. The third-order valence-electron chi connectivity index (χ3n) is 4.61. The molecule has 2 aromatic heterocycles. The average molecular weight is 358 g/mol. The maximum atomic E-state index is 6.29. The van der Waals surface area contributed by atoms with Gasteiger partial charge in [0, 0.05) is 37.9 Å². The Morgan fingerprint density at radius 3 is 2.92 bits per heavy atom. The van der Waals surface area contributed by atoms with Gasteiger partial charge in [0.15, 0.2) is 0 Å². The van der Waals surface area contributed by atoms with Crippen molar-refractivity contribution >= 4 is 34.4 Å². The maximum absolute atomic E-state index is 6.29. The van der Waals surface area contributed by atoms with Crippen molar-refractivity contribution in [1.82, 2.24) is 15.0 Å². The number of imidazole rings is 1. The molecule has 1 N–H and O–H groups in total. The van der Waals surface area contributed by atoms with Gasteiger partial charge < -0.3 is 19.5 Å². The molecule has 3 aromatic rings. The van der Waals surface area contributed by atoms with Gasteiger partial charge in [-0.1, -0.05) is 11.6 Å². The zero-order valence-electron chi connectivity index (χ0n) is 14.2. The Bertz CT molecular complexity index is 896. The fourth-order valence-corrected chi connectivity index (χ4v) is 3.55. The Hall–Kier alpha value is -2.47. The second-order valence-electron chi connectivity index (χ2n) is 6.24. The molecule has 1 aliphatic rings. The average Bonchev–Trinajstić information content (AvgIpc) is 3.04. The molecule has 0 spiro atoms. The Kier molecular flexibility index (Phi) is 4.13. The minimum atomic E-state index is 0.286. The summed E-state index contributed by atoms with van der Waals surface area (Å²) in [5.41, 5.74) is 1.93. The van der Waals surface area contributed by atoms with Gasteiger partial charge in [0.25, 0.3) is 0 Å². The van der Waals surface area contributed by atoms with Crippen LogP contribution >= 0.6 is 11.6 Å². The van der Waals surface area contributed by atoms with Crippen molar-refractivity contribution in [3.8, 4) is 5.75 Å². The van der Waals surface area contributed by atoms with E-state index in [1.807, 2.05) is 30.3 Å². The summed E-state index contributed by atoms with van der Waals surface area (Å²) in [6.07, 6.45) is 1.78. The van der Waals surface area contributed by atoms with Crippen molar-refractivity contribution in [2.75, 3.05) is 36.5 Å². The molecule has 1 saturated heterocycles. The molecule has 4 rings (SSSR count). The molecule has 6 nitrogen and oxygen atoms in total. The van der Waals surface area contributed by atoms with Crippen LogP contribution in [-0.2, 0) is 0 Å². The third-order valence-corrected chi connectivity index (χ3v) is 4.91. The lowest BCUT2D eigenvalue weighted by Crippen LogP contribution is -2.52. The molecule has 0 unspecified atom stereocenters. The summed E-state index contributed by atoms with van der Waals surface area (Å²) in [5.74, 6) is 2.57. The number of rotatable bonds is 3. The zero-order chi connectivity index (χ0) is 17.4. The van der Waals surface area contributed by atoms with Crippen LogP contribution in [0.2, 0.25) is 5.02 Å². The fraction of sp³-hybridized carbons (Fsp3) is 0.333. The Labute approximate surface area is 151 Å². The van der Waals surface area contributed by atoms with E-state index in [0.717, 1.165) is 48.2 Å². The molecule has 0 aliphatic carbocycles. The maximum Gasteiger partial charge on any atom is 0.204 e. The van der Waals surface area contributed by atoms with E-state index in [2.05, 4.69) is 26.7 Å². The molecular weight excluding hydrogens is 338 g/mol. The number of anilines is 2. The molecule has 0 saturated carbocycles. The Morgan fingerprint density at radius 1 is 1.28 bits per heavy atom. The highest BCUT2D eigenvalue weighted by Gasteiger charge is 2.27. The van der Waals surface area contributed by atoms with Crippen molar-refractivity contribution in [2.45, 2.75) is 13.0 Å². The number of fused-ring (bicyclic) bond motifs is 1. The molecule has 7 heteroatoms. The van der Waals surface area contributed by atoms with Crippen LogP contribution in [0.3, 0.4) is 0 Å². The number of benzene rings is 1. The number of nitrogens with zero attached hydrogens (tertiary/aromatic N) is 4. The molecule has 25 heavy (non-hydrogen) atoms. The van der Waals surface area contributed by atoms with Gasteiger partial charge in [0.1, 0.15) is 11.6 Å². The first-order valence-electron chi connectivity index (χ1n) is 8.31. The van der Waals surface area contributed by atoms with Gasteiger partial charge in [-0.05, 0) is 31.2 Å². The number of hydrogen-bond donors (Lipinski definition) is 1. The van der Waals surface area contributed by atoms with Gasteiger partial charge in [-0.25, -0.2) is 9.97 Å². The summed E-state index contributed by atoms with van der Waals surface area (Å²) < 4.78 is 5.28. The van der Waals surface area contributed by atoms with E-state index in [9.17, 15) is 0 Å². The first-order valence-corrected chi connectivity index (χ1v) is 8.69. The molecule has 1 fully saturated rings. The monoisotopic (exact) mass is 357 g/mol. The first-order chi connectivity index (χ1) is 12.2. The number of aromatic nitrogens is 3. The fourth-order valence-electron chi connectivity index (χ4n) is 3.31. The van der Waals surface area contributed by atoms with Crippen molar-refractivity contribution < 1.29 is 4.74 Å². The predicted molar refractivity (Wildman–Crippen MR) is 101 cm³/mol. The topological polar surface area (TPSA) is 57.3 Å². The van der Waals surface area contributed by atoms with Crippen LogP contribution in [-0.4, -0.2) is 47.7 Å². The Balaban J connectivity index is 1.56. The minimum Gasteiger partial charge on any atom is -0.497 e. The van der Waals surface area contributed by atoms with Gasteiger partial charge in [0.05, 0.1) is 23.2 Å². The van der Waals surface area contributed by atoms with E-state index >= 15 is 0 Å². The summed E-state index contributed by atoms with van der Waals surface area (Å²) >= 11 is 6.29. The Morgan fingerprint density at radius 2 is 2.16 bits per heavy atom. The molecule has 0 radical (unpaired) electrons. The van der Waals surface area contributed by atoms with Gasteiger partial charge in [-0.3, -0.25) is 0 Å². The van der Waals surface area contributed by atoms with Crippen molar-refractivity contribution in [3.05, 3.63) is 41.6 Å². The second kappa shape index (κ2) is 6.44. The summed E-state index contributed by atoms with van der Waals surface area (Å²) in [4.78, 5) is 17.1. The van der Waals surface area contributed by atoms with Gasteiger partial charge in [-0.15, -0.1) is 0 Å². The van der Waals surface area contributed by atoms with Crippen molar-refractivity contribution in [3.63, 3.8) is 0 Å². The highest BCUT2D eigenvalue weighted by molar-refractivity contribution is 6.32. The van der Waals surface area contributed by atoms with Gasteiger partial charge >= 0.3 is 0 Å². The lowest BCUT2D eigenvalue weighted by atomic mass is 10.2. The lowest BCUT2D eigenvalue weighted by molar-refractivity contribution is 0.415. The van der Waals surface area contributed by atoms with E-state index in [0.29, 0.717) is 5.02 Å². The van der Waals surface area contributed by atoms with Crippen molar-refractivity contribution in [2.24, 2.45) is 0 Å². The van der Waals surface area contributed by atoms with Crippen LogP contribution < -0.4 is 14.5 Å². The van der Waals surface area contributed by atoms with E-state index in [1.54, 1.807) is 13.3 Å². The molecule has 3 heterocycles. The van der Waals surface area contributed by atoms with E-state index < -0.39 is 0 Å². The molecular formula is C18H20ClN5O. The number of H-pyrrole nitrogens is 1. The van der Waals surface area contributed by atoms with Crippen LogP contribution in [0, 0.1) is 0 Å². The van der Waals surface area contributed by atoms with Crippen LogP contribution in [0.1, 0.15) is 6.92 Å². The number of nitrogens with one attached hydrogen (secondary N) is 1. The number of aromatic amines is 1. The lowest BCUT2D eigenvalue weighted by Gasteiger charge is -2.40. The smallest absolute Gasteiger partial charge is 0.204 e. The van der Waals surface area contributed by atoms with Gasteiger partial charge in [0.2, 0.25) is 5.95 Å². The zero-order valence-corrected chi connectivity index (χ0v) is 15.0. The number of hydrogen-bond acceptors (Lipinski definition) is 5. The quantitative estimate of drug-likeness (QED) is 0.779. The first kappa shape index (κ1) is 16.0. The van der Waals surface area contributed by atoms with E-state index in [-0.39, 0.29) is 6.04 Å². The van der Waals surface area contributed by atoms with Crippen LogP contribution in [0.15, 0.2) is 36.5 Å². The minimum absolute atomic E-state index is 0.286. The van der Waals surface area contributed by atoms with E-state index in [1.165, 1.54) is 0 Å². The van der Waals surface area contributed by atoms with Crippen molar-refractivity contribution in [1.29, 1.82) is 0 Å². The normalized spacial score (nSPS) is 18.0. The summed E-state index contributed by atoms with van der Waals surface area (Å²) in [6.45, 7) is 4.74. The van der Waals surface area contributed by atoms with Crippen LogP contribution in [0.4, 0.5) is 11.8 Å². The largest absolute Gasteiger partial charge is 0.497 e. The molecule has 130 valence electrons. The van der Waals surface area contributed by atoms with E-state index in [4.69, 9.17) is 21.3 Å². The number of pyridine rings is 1. The number of halogens is 1. The molecule has 1 aliphatic heterocycles. The number of ether oxygens (including phenoxy) is 1. The third kappa shape index (κ3) is 2.98. The standard InChI is InChI=1S/C18H20ClN5O/c1-12-11-23(17-14(19)4-3-7-20-17)8-9-24(12)18-21-15-6-5-13(25-2)10-16(15)22-18/h3-7,10,12H,8-9,11H2,1-2H3,(H,21,22)/t12-/m1/s1.